The van der Waals surface area contributed by atoms with E-state index in [1.165, 1.54) is 37.9 Å². The van der Waals surface area contributed by atoms with Gasteiger partial charge in [-0.05, 0) is 65.1 Å². The predicted molar refractivity (Wildman–Crippen MR) is 77.3 cm³/mol. The minimum atomic E-state index is 0.396. The molecule has 0 radical (unpaired) electrons. The average Bonchev–Trinajstić information content (AvgIpc) is 3.02. The van der Waals surface area contributed by atoms with Crippen molar-refractivity contribution < 1.29 is 4.42 Å². The molecule has 19 heavy (non-hydrogen) atoms. The van der Waals surface area contributed by atoms with Gasteiger partial charge in [0.2, 0.25) is 0 Å². The molecule has 0 spiro atoms. The molecule has 0 aromatic carbocycles. The number of likely N-dealkylation sites (tertiary alicyclic amines) is 1. The zero-order valence-corrected chi connectivity index (χ0v) is 12.4. The molecule has 0 amide bonds. The molecule has 1 aromatic heterocycles. The van der Waals surface area contributed by atoms with Gasteiger partial charge in [-0.2, -0.15) is 0 Å². The Kier molecular flexibility index (Phi) is 3.68. The summed E-state index contributed by atoms with van der Waals surface area (Å²) in [6, 6.07) is 3.49. The smallest absolute Gasteiger partial charge is 0.105 e. The van der Waals surface area contributed by atoms with Crippen LogP contribution in [0.5, 0.6) is 0 Å². The number of hydrogen-bond acceptors (Lipinski definition) is 3. The molecule has 2 heterocycles. The van der Waals surface area contributed by atoms with Gasteiger partial charge < -0.3 is 14.6 Å². The van der Waals surface area contributed by atoms with E-state index in [0.29, 0.717) is 6.04 Å². The number of aryl methyl sites for hydroxylation is 2. The normalized spacial score (nSPS) is 25.9. The fourth-order valence-corrected chi connectivity index (χ4v) is 3.33. The molecule has 3 rings (SSSR count). The first-order chi connectivity index (χ1) is 9.13. The number of furan rings is 1. The van der Waals surface area contributed by atoms with Crippen molar-refractivity contribution in [3.8, 4) is 0 Å². The van der Waals surface area contributed by atoms with Crippen LogP contribution in [0.2, 0.25) is 0 Å². The Morgan fingerprint density at radius 3 is 2.79 bits per heavy atom. The Morgan fingerprint density at radius 1 is 1.37 bits per heavy atom. The third-order valence-electron chi connectivity index (χ3n) is 4.64. The molecule has 3 heteroatoms. The number of hydrogen-bond donors (Lipinski definition) is 1. The lowest BCUT2D eigenvalue weighted by Crippen LogP contribution is -2.29. The Bertz CT molecular complexity index is 436. The van der Waals surface area contributed by atoms with Crippen molar-refractivity contribution >= 4 is 0 Å². The van der Waals surface area contributed by atoms with Gasteiger partial charge in [-0.1, -0.05) is 0 Å². The molecule has 1 aliphatic heterocycles. The molecule has 1 N–H and O–H groups in total. The van der Waals surface area contributed by atoms with Crippen molar-refractivity contribution in [2.75, 3.05) is 19.6 Å². The summed E-state index contributed by atoms with van der Waals surface area (Å²) in [6.45, 7) is 10.1. The summed E-state index contributed by atoms with van der Waals surface area (Å²) in [5, 5.41) is 3.69. The van der Waals surface area contributed by atoms with Gasteiger partial charge in [0.15, 0.2) is 0 Å². The zero-order valence-electron chi connectivity index (χ0n) is 12.4. The molecule has 1 saturated heterocycles. The van der Waals surface area contributed by atoms with Crippen LogP contribution in [0.15, 0.2) is 10.5 Å². The Morgan fingerprint density at radius 2 is 2.16 bits per heavy atom. The molecule has 2 atom stereocenters. The fourth-order valence-electron chi connectivity index (χ4n) is 3.33. The second kappa shape index (κ2) is 5.29. The first kappa shape index (κ1) is 13.2. The highest BCUT2D eigenvalue weighted by Crippen LogP contribution is 2.31. The van der Waals surface area contributed by atoms with Crippen molar-refractivity contribution in [3.05, 3.63) is 23.2 Å². The van der Waals surface area contributed by atoms with Crippen LogP contribution in [0.4, 0.5) is 0 Å². The molecule has 3 nitrogen and oxygen atoms in total. The van der Waals surface area contributed by atoms with E-state index >= 15 is 0 Å². The Hall–Kier alpha value is -0.800. The highest BCUT2D eigenvalue weighted by molar-refractivity contribution is 5.23. The van der Waals surface area contributed by atoms with Crippen molar-refractivity contribution in [3.63, 3.8) is 0 Å². The lowest BCUT2D eigenvalue weighted by molar-refractivity contribution is 0.310. The highest BCUT2D eigenvalue weighted by Gasteiger charge is 2.34. The van der Waals surface area contributed by atoms with Crippen LogP contribution >= 0.6 is 0 Å². The van der Waals surface area contributed by atoms with E-state index in [2.05, 4.69) is 30.1 Å². The van der Waals surface area contributed by atoms with Crippen molar-refractivity contribution in [2.24, 2.45) is 5.92 Å². The van der Waals surface area contributed by atoms with Crippen LogP contribution in [0.25, 0.3) is 0 Å². The minimum Gasteiger partial charge on any atom is -0.466 e. The zero-order chi connectivity index (χ0) is 13.4. The first-order valence-electron chi connectivity index (χ1n) is 7.68. The third-order valence-corrected chi connectivity index (χ3v) is 4.64. The largest absolute Gasteiger partial charge is 0.466 e. The molecule has 2 aliphatic rings. The summed E-state index contributed by atoms with van der Waals surface area (Å²) < 4.78 is 5.62. The van der Waals surface area contributed by atoms with E-state index in [0.717, 1.165) is 30.0 Å². The van der Waals surface area contributed by atoms with Crippen LogP contribution in [0, 0.1) is 19.8 Å². The SMILES string of the molecule is Cc1cc(C(C)NCC2CCN(C3CC3)C2)c(C)o1. The van der Waals surface area contributed by atoms with Crippen molar-refractivity contribution in [2.45, 2.75) is 52.1 Å². The maximum absolute atomic E-state index is 5.62. The van der Waals surface area contributed by atoms with Crippen LogP contribution in [-0.4, -0.2) is 30.6 Å². The van der Waals surface area contributed by atoms with Gasteiger partial charge in [0, 0.05) is 24.2 Å². The summed E-state index contributed by atoms with van der Waals surface area (Å²) in [5.74, 6) is 2.90. The molecule has 2 fully saturated rings. The number of nitrogens with zero attached hydrogens (tertiary/aromatic N) is 1. The van der Waals surface area contributed by atoms with E-state index < -0.39 is 0 Å². The molecule has 106 valence electrons. The standard InChI is InChI=1S/C16H26N2O/c1-11-8-16(13(3)19-11)12(2)17-9-14-6-7-18(10-14)15-4-5-15/h8,12,14-15,17H,4-7,9-10H2,1-3H3. The summed E-state index contributed by atoms with van der Waals surface area (Å²) in [6.07, 6.45) is 4.23. The van der Waals surface area contributed by atoms with Crippen LogP contribution in [0.1, 0.15) is 49.3 Å². The quantitative estimate of drug-likeness (QED) is 0.884. The van der Waals surface area contributed by atoms with E-state index in [1.54, 1.807) is 0 Å². The molecule has 2 unspecified atom stereocenters. The Labute approximate surface area is 116 Å². The van der Waals surface area contributed by atoms with Gasteiger partial charge in [-0.3, -0.25) is 0 Å². The molecular weight excluding hydrogens is 236 g/mol. The minimum absolute atomic E-state index is 0.396. The maximum atomic E-state index is 5.62. The first-order valence-corrected chi connectivity index (χ1v) is 7.68. The van der Waals surface area contributed by atoms with E-state index in [9.17, 15) is 0 Å². The summed E-state index contributed by atoms with van der Waals surface area (Å²) in [5.41, 5.74) is 1.31. The number of rotatable bonds is 5. The second-order valence-electron chi connectivity index (χ2n) is 6.38. The molecule has 1 aromatic rings. The van der Waals surface area contributed by atoms with Gasteiger partial charge in [0.05, 0.1) is 0 Å². The van der Waals surface area contributed by atoms with Crippen LogP contribution in [0.3, 0.4) is 0 Å². The highest BCUT2D eigenvalue weighted by atomic mass is 16.3. The molecule has 0 bridgehead atoms. The van der Waals surface area contributed by atoms with E-state index in [1.807, 2.05) is 6.92 Å². The van der Waals surface area contributed by atoms with Crippen LogP contribution < -0.4 is 5.32 Å². The lowest BCUT2D eigenvalue weighted by atomic mass is 10.1. The molecule has 1 aliphatic carbocycles. The lowest BCUT2D eigenvalue weighted by Gasteiger charge is -2.18. The maximum Gasteiger partial charge on any atom is 0.105 e. The third kappa shape index (κ3) is 3.03. The van der Waals surface area contributed by atoms with Gasteiger partial charge in [0.25, 0.3) is 0 Å². The molecule has 1 saturated carbocycles. The predicted octanol–water partition coefficient (Wildman–Crippen LogP) is 3.03. The summed E-state index contributed by atoms with van der Waals surface area (Å²) in [4.78, 5) is 2.68. The summed E-state index contributed by atoms with van der Waals surface area (Å²) >= 11 is 0. The van der Waals surface area contributed by atoms with E-state index in [-0.39, 0.29) is 0 Å². The summed E-state index contributed by atoms with van der Waals surface area (Å²) in [7, 11) is 0. The van der Waals surface area contributed by atoms with Gasteiger partial charge in [-0.15, -0.1) is 0 Å². The average molecular weight is 262 g/mol. The fraction of sp³-hybridized carbons (Fsp3) is 0.750. The van der Waals surface area contributed by atoms with Crippen molar-refractivity contribution in [1.29, 1.82) is 0 Å². The monoisotopic (exact) mass is 262 g/mol. The van der Waals surface area contributed by atoms with Crippen LogP contribution in [-0.2, 0) is 0 Å². The second-order valence-corrected chi connectivity index (χ2v) is 6.38. The van der Waals surface area contributed by atoms with Crippen molar-refractivity contribution in [1.82, 2.24) is 10.2 Å². The number of nitrogens with one attached hydrogen (secondary N) is 1. The van der Waals surface area contributed by atoms with Gasteiger partial charge in [0.1, 0.15) is 11.5 Å². The van der Waals surface area contributed by atoms with E-state index in [4.69, 9.17) is 4.42 Å². The molecular formula is C16H26N2O. The van der Waals surface area contributed by atoms with Gasteiger partial charge >= 0.3 is 0 Å². The van der Waals surface area contributed by atoms with Gasteiger partial charge in [-0.25, -0.2) is 0 Å². The topological polar surface area (TPSA) is 28.4 Å². The Balaban J connectivity index is 1.48.